The van der Waals surface area contributed by atoms with Crippen LogP contribution in [0.3, 0.4) is 0 Å². The highest BCUT2D eigenvalue weighted by Gasteiger charge is 2.33. The van der Waals surface area contributed by atoms with Gasteiger partial charge < -0.3 is 18.9 Å². The third kappa shape index (κ3) is 6.52. The van der Waals surface area contributed by atoms with Gasteiger partial charge >= 0.3 is 5.97 Å². The van der Waals surface area contributed by atoms with Gasteiger partial charge in [-0.15, -0.1) is 0 Å². The number of esters is 1. The van der Waals surface area contributed by atoms with E-state index in [1.807, 2.05) is 0 Å². The van der Waals surface area contributed by atoms with Gasteiger partial charge in [-0.2, -0.15) is 5.10 Å². The number of carbonyl (C=O) groups is 2. The van der Waals surface area contributed by atoms with Crippen LogP contribution in [0.25, 0.3) is 0 Å². The Morgan fingerprint density at radius 1 is 1.28 bits per heavy atom. The molecule has 0 unspecified atom stereocenters. The number of nitrogens with one attached hydrogen (secondary N) is 1. The number of amides is 1. The Hall–Kier alpha value is -2.45. The van der Waals surface area contributed by atoms with Crippen molar-refractivity contribution in [2.75, 3.05) is 26.4 Å². The predicted octanol–water partition coefficient (Wildman–Crippen LogP) is 1.23. The summed E-state index contributed by atoms with van der Waals surface area (Å²) >= 11 is 0. The second-order valence-electron chi connectivity index (χ2n) is 5.46. The molecule has 0 aliphatic carbocycles. The van der Waals surface area contributed by atoms with E-state index in [4.69, 9.17) is 18.9 Å². The zero-order valence-corrected chi connectivity index (χ0v) is 14.3. The van der Waals surface area contributed by atoms with Crippen LogP contribution in [0.15, 0.2) is 29.4 Å². The van der Waals surface area contributed by atoms with Gasteiger partial charge in [0.2, 0.25) is 5.91 Å². The van der Waals surface area contributed by atoms with Crippen molar-refractivity contribution >= 4 is 18.1 Å². The van der Waals surface area contributed by atoms with Crippen LogP contribution in [-0.4, -0.2) is 50.3 Å². The summed E-state index contributed by atoms with van der Waals surface area (Å²) in [6.07, 6.45) is 1.58. The molecule has 8 heteroatoms. The topological polar surface area (TPSA) is 95.5 Å². The fourth-order valence-corrected chi connectivity index (χ4v) is 2.16. The van der Waals surface area contributed by atoms with Gasteiger partial charge in [-0.25, -0.2) is 10.2 Å². The molecule has 0 radical (unpaired) electrons. The van der Waals surface area contributed by atoms with Gasteiger partial charge in [0.25, 0.3) is 0 Å². The first kappa shape index (κ1) is 18.9. The van der Waals surface area contributed by atoms with Crippen molar-refractivity contribution in [3.63, 3.8) is 0 Å². The second-order valence-corrected chi connectivity index (χ2v) is 5.46. The molecule has 0 aromatic heterocycles. The van der Waals surface area contributed by atoms with E-state index in [-0.39, 0.29) is 18.9 Å². The summed E-state index contributed by atoms with van der Waals surface area (Å²) < 4.78 is 20.8. The molecule has 1 N–H and O–H groups in total. The van der Waals surface area contributed by atoms with Crippen molar-refractivity contribution in [3.8, 4) is 5.75 Å². The molecular weight excluding hydrogens is 328 g/mol. The van der Waals surface area contributed by atoms with E-state index >= 15 is 0 Å². The van der Waals surface area contributed by atoms with E-state index in [0.29, 0.717) is 25.6 Å². The maximum Gasteiger partial charge on any atom is 0.344 e. The number of carbonyl (C=O) groups excluding carboxylic acids is 2. The zero-order valence-electron chi connectivity index (χ0n) is 14.3. The average Bonchev–Trinajstić information content (AvgIpc) is 3.00. The monoisotopic (exact) mass is 350 g/mol. The number of hydrazone groups is 1. The standard InChI is InChI=1S/C17H22N2O6/c1-3-22-16(21)12-23-14-6-4-13(5-7-14)11-18-19-15(20)10-17(2)24-8-9-25-17/h4-7,11H,3,8-10,12H2,1-2H3,(H,19,20). The maximum atomic E-state index is 11.8. The smallest absolute Gasteiger partial charge is 0.344 e. The van der Waals surface area contributed by atoms with E-state index in [2.05, 4.69) is 10.5 Å². The number of rotatable bonds is 8. The quantitative estimate of drug-likeness (QED) is 0.430. The maximum absolute atomic E-state index is 11.8. The first-order valence-corrected chi connectivity index (χ1v) is 7.99. The minimum absolute atomic E-state index is 0.0744. The third-order valence-electron chi connectivity index (χ3n) is 3.32. The summed E-state index contributed by atoms with van der Waals surface area (Å²) in [6.45, 7) is 4.60. The number of hydrogen-bond donors (Lipinski definition) is 1. The molecule has 0 spiro atoms. The first-order valence-electron chi connectivity index (χ1n) is 7.99. The molecule has 1 aliphatic rings. The molecule has 0 atom stereocenters. The van der Waals surface area contributed by atoms with E-state index < -0.39 is 11.8 Å². The lowest BCUT2D eigenvalue weighted by Crippen LogP contribution is -2.33. The van der Waals surface area contributed by atoms with Crippen LogP contribution in [0, 0.1) is 0 Å². The highest BCUT2D eigenvalue weighted by Crippen LogP contribution is 2.22. The summed E-state index contributed by atoms with van der Waals surface area (Å²) in [5.74, 6) is -1.05. The van der Waals surface area contributed by atoms with Crippen molar-refractivity contribution in [1.82, 2.24) is 5.43 Å². The normalized spacial score (nSPS) is 15.9. The average molecular weight is 350 g/mol. The molecule has 1 aliphatic heterocycles. The number of ether oxygens (including phenoxy) is 4. The summed E-state index contributed by atoms with van der Waals surface area (Å²) in [6, 6.07) is 6.90. The number of nitrogens with zero attached hydrogens (tertiary/aromatic N) is 1. The molecule has 0 bridgehead atoms. The SMILES string of the molecule is CCOC(=O)COc1ccc(C=NNC(=O)CC2(C)OCCO2)cc1. The van der Waals surface area contributed by atoms with Gasteiger partial charge in [0.1, 0.15) is 5.75 Å². The van der Waals surface area contributed by atoms with Crippen LogP contribution >= 0.6 is 0 Å². The second kappa shape index (κ2) is 9.14. The van der Waals surface area contributed by atoms with E-state index in [9.17, 15) is 9.59 Å². The molecule has 8 nitrogen and oxygen atoms in total. The Bertz CT molecular complexity index is 608. The highest BCUT2D eigenvalue weighted by atomic mass is 16.7. The van der Waals surface area contributed by atoms with Crippen molar-refractivity contribution in [1.29, 1.82) is 0 Å². The molecule has 2 rings (SSSR count). The van der Waals surface area contributed by atoms with Crippen molar-refractivity contribution < 1.29 is 28.5 Å². The lowest BCUT2D eigenvalue weighted by atomic mass is 10.2. The number of hydrogen-bond acceptors (Lipinski definition) is 7. The summed E-state index contributed by atoms with van der Waals surface area (Å²) in [5.41, 5.74) is 3.20. The Labute approximate surface area is 146 Å². The van der Waals surface area contributed by atoms with Gasteiger partial charge in [-0.3, -0.25) is 4.79 Å². The van der Waals surface area contributed by atoms with Crippen LogP contribution in [0.2, 0.25) is 0 Å². The lowest BCUT2D eigenvalue weighted by Gasteiger charge is -2.20. The van der Waals surface area contributed by atoms with Crippen molar-refractivity contribution in [3.05, 3.63) is 29.8 Å². The third-order valence-corrected chi connectivity index (χ3v) is 3.32. The highest BCUT2D eigenvalue weighted by molar-refractivity contribution is 5.82. The van der Waals surface area contributed by atoms with Gasteiger partial charge in [-0.05, 0) is 43.7 Å². The van der Waals surface area contributed by atoms with Crippen molar-refractivity contribution in [2.45, 2.75) is 26.1 Å². The van der Waals surface area contributed by atoms with Gasteiger partial charge in [0.15, 0.2) is 12.4 Å². The Balaban J connectivity index is 1.75. The van der Waals surface area contributed by atoms with Crippen LogP contribution in [-0.2, 0) is 23.8 Å². The molecule has 1 aromatic rings. The van der Waals surface area contributed by atoms with Gasteiger partial charge in [0, 0.05) is 0 Å². The van der Waals surface area contributed by atoms with E-state index in [0.717, 1.165) is 5.56 Å². The van der Waals surface area contributed by atoms with Crippen molar-refractivity contribution in [2.24, 2.45) is 5.10 Å². The van der Waals surface area contributed by atoms with Crippen LogP contribution in [0.1, 0.15) is 25.8 Å². The van der Waals surface area contributed by atoms with Gasteiger partial charge in [-0.1, -0.05) is 0 Å². The van der Waals surface area contributed by atoms with E-state index in [1.54, 1.807) is 38.1 Å². The molecule has 25 heavy (non-hydrogen) atoms. The molecule has 1 aromatic carbocycles. The minimum atomic E-state index is -0.877. The summed E-state index contributed by atoms with van der Waals surface area (Å²) in [4.78, 5) is 23.0. The molecule has 1 fully saturated rings. The Morgan fingerprint density at radius 3 is 2.60 bits per heavy atom. The van der Waals surface area contributed by atoms with Crippen LogP contribution < -0.4 is 10.2 Å². The molecule has 136 valence electrons. The Morgan fingerprint density at radius 2 is 1.96 bits per heavy atom. The molecule has 1 amide bonds. The van der Waals surface area contributed by atoms with Gasteiger partial charge in [0.05, 0.1) is 32.5 Å². The van der Waals surface area contributed by atoms with Crippen LogP contribution in [0.4, 0.5) is 0 Å². The molecular formula is C17H22N2O6. The van der Waals surface area contributed by atoms with E-state index in [1.165, 1.54) is 6.21 Å². The fourth-order valence-electron chi connectivity index (χ4n) is 2.16. The molecule has 1 heterocycles. The minimum Gasteiger partial charge on any atom is -0.482 e. The zero-order chi connectivity index (χ0) is 18.1. The lowest BCUT2D eigenvalue weighted by molar-refractivity contribution is -0.159. The molecule has 1 saturated heterocycles. The predicted molar refractivity (Wildman–Crippen MR) is 89.2 cm³/mol. The number of benzene rings is 1. The van der Waals surface area contributed by atoms with Crippen LogP contribution in [0.5, 0.6) is 5.75 Å². The first-order chi connectivity index (χ1) is 12.0. The summed E-state index contributed by atoms with van der Waals surface area (Å²) in [7, 11) is 0. The molecule has 0 saturated carbocycles. The Kier molecular flexibility index (Phi) is 6.91. The summed E-state index contributed by atoms with van der Waals surface area (Å²) in [5, 5.41) is 3.89. The largest absolute Gasteiger partial charge is 0.482 e. The fraction of sp³-hybridized carbons (Fsp3) is 0.471.